The first-order valence-corrected chi connectivity index (χ1v) is 7.07. The van der Waals surface area contributed by atoms with Gasteiger partial charge in [-0.2, -0.15) is 0 Å². The fourth-order valence-electron chi connectivity index (χ4n) is 2.92. The van der Waals surface area contributed by atoms with Crippen molar-refractivity contribution in [3.05, 3.63) is 59.4 Å². The van der Waals surface area contributed by atoms with Crippen LogP contribution in [0.2, 0.25) is 0 Å². The molecule has 0 saturated carbocycles. The third-order valence-corrected chi connectivity index (χ3v) is 3.88. The van der Waals surface area contributed by atoms with Gasteiger partial charge in [-0.15, -0.1) is 0 Å². The largest absolute Gasteiger partial charge is 0.341 e. The Morgan fingerprint density at radius 1 is 1.15 bits per heavy atom. The zero-order valence-electron chi connectivity index (χ0n) is 11.6. The summed E-state index contributed by atoms with van der Waals surface area (Å²) in [6.07, 6.45) is 2.20. The summed E-state index contributed by atoms with van der Waals surface area (Å²) < 4.78 is 13.5. The number of hydrogen-bond donors (Lipinski definition) is 1. The quantitative estimate of drug-likeness (QED) is 0.896. The Hall–Kier alpha value is -1.87. The zero-order valence-corrected chi connectivity index (χ0v) is 11.6. The van der Waals surface area contributed by atoms with Crippen LogP contribution in [0.4, 0.5) is 15.8 Å². The Labute approximate surface area is 119 Å². The molecule has 0 aromatic heterocycles. The first-order valence-electron chi connectivity index (χ1n) is 7.07. The SMILES string of the molecule is C[C@@H](N)c1cc(F)ccc1N1CCCc2ccccc21. The van der Waals surface area contributed by atoms with Crippen LogP contribution in [0.1, 0.15) is 30.5 Å². The summed E-state index contributed by atoms with van der Waals surface area (Å²) in [4.78, 5) is 2.26. The summed E-state index contributed by atoms with van der Waals surface area (Å²) in [5.41, 5.74) is 10.5. The van der Waals surface area contributed by atoms with Gasteiger partial charge in [-0.05, 0) is 55.2 Å². The molecule has 2 aromatic rings. The van der Waals surface area contributed by atoms with Crippen molar-refractivity contribution in [1.82, 2.24) is 0 Å². The lowest BCUT2D eigenvalue weighted by atomic mass is 9.98. The van der Waals surface area contributed by atoms with Crippen LogP contribution in [-0.2, 0) is 6.42 Å². The van der Waals surface area contributed by atoms with E-state index in [-0.39, 0.29) is 11.9 Å². The molecule has 0 unspecified atom stereocenters. The van der Waals surface area contributed by atoms with Gasteiger partial charge in [0.25, 0.3) is 0 Å². The van der Waals surface area contributed by atoms with E-state index in [1.54, 1.807) is 6.07 Å². The molecule has 0 aliphatic carbocycles. The molecule has 0 fully saturated rings. The average Bonchev–Trinajstić information content (AvgIpc) is 2.46. The molecule has 1 atom stereocenters. The monoisotopic (exact) mass is 270 g/mol. The topological polar surface area (TPSA) is 29.3 Å². The van der Waals surface area contributed by atoms with E-state index in [0.717, 1.165) is 30.6 Å². The van der Waals surface area contributed by atoms with Gasteiger partial charge in [-0.3, -0.25) is 0 Å². The minimum Gasteiger partial charge on any atom is -0.341 e. The van der Waals surface area contributed by atoms with E-state index in [4.69, 9.17) is 5.73 Å². The fraction of sp³-hybridized carbons (Fsp3) is 0.294. The number of rotatable bonds is 2. The van der Waals surface area contributed by atoms with Gasteiger partial charge < -0.3 is 10.6 Å². The van der Waals surface area contributed by atoms with Gasteiger partial charge in [0.05, 0.1) is 0 Å². The Kier molecular flexibility index (Phi) is 3.45. The van der Waals surface area contributed by atoms with Gasteiger partial charge in [-0.25, -0.2) is 4.39 Å². The molecule has 104 valence electrons. The molecule has 0 bridgehead atoms. The maximum absolute atomic E-state index is 13.5. The van der Waals surface area contributed by atoms with E-state index in [9.17, 15) is 4.39 Å². The molecule has 1 aliphatic heterocycles. The first kappa shape index (κ1) is 13.1. The van der Waals surface area contributed by atoms with Crippen LogP contribution in [0.5, 0.6) is 0 Å². The van der Waals surface area contributed by atoms with E-state index in [1.165, 1.54) is 17.3 Å². The second-order valence-corrected chi connectivity index (χ2v) is 5.38. The molecular weight excluding hydrogens is 251 g/mol. The van der Waals surface area contributed by atoms with Crippen molar-refractivity contribution in [2.45, 2.75) is 25.8 Å². The van der Waals surface area contributed by atoms with Crippen LogP contribution in [0, 0.1) is 5.82 Å². The van der Waals surface area contributed by atoms with Gasteiger partial charge in [0, 0.05) is 24.0 Å². The van der Waals surface area contributed by atoms with E-state index in [0.29, 0.717) is 0 Å². The maximum atomic E-state index is 13.5. The number of nitrogens with zero attached hydrogens (tertiary/aromatic N) is 1. The number of benzene rings is 2. The predicted molar refractivity (Wildman–Crippen MR) is 80.8 cm³/mol. The normalized spacial score (nSPS) is 15.8. The minimum atomic E-state index is -0.230. The molecule has 1 heterocycles. The second kappa shape index (κ2) is 5.25. The first-order chi connectivity index (χ1) is 9.66. The Balaban J connectivity index is 2.11. The van der Waals surface area contributed by atoms with Crippen LogP contribution in [-0.4, -0.2) is 6.54 Å². The summed E-state index contributed by atoms with van der Waals surface area (Å²) >= 11 is 0. The van der Waals surface area contributed by atoms with Crippen LogP contribution >= 0.6 is 0 Å². The fourth-order valence-corrected chi connectivity index (χ4v) is 2.92. The van der Waals surface area contributed by atoms with E-state index < -0.39 is 0 Å². The standard InChI is InChI=1S/C17H19FN2/c1-12(19)15-11-14(18)8-9-17(15)20-10-4-6-13-5-2-3-7-16(13)20/h2-3,5,7-9,11-12H,4,6,10,19H2,1H3/t12-/m1/s1. The van der Waals surface area contributed by atoms with Crippen LogP contribution < -0.4 is 10.6 Å². The van der Waals surface area contributed by atoms with Gasteiger partial charge >= 0.3 is 0 Å². The smallest absolute Gasteiger partial charge is 0.123 e. The highest BCUT2D eigenvalue weighted by atomic mass is 19.1. The third-order valence-electron chi connectivity index (χ3n) is 3.88. The Bertz CT molecular complexity index is 622. The second-order valence-electron chi connectivity index (χ2n) is 5.38. The number of aryl methyl sites for hydroxylation is 1. The highest BCUT2D eigenvalue weighted by Crippen LogP contribution is 2.36. The number of anilines is 2. The predicted octanol–water partition coefficient (Wildman–Crippen LogP) is 3.93. The molecule has 2 aromatic carbocycles. The van der Waals surface area contributed by atoms with E-state index in [1.807, 2.05) is 19.1 Å². The number of para-hydroxylation sites is 1. The summed E-state index contributed by atoms with van der Waals surface area (Å²) in [7, 11) is 0. The van der Waals surface area contributed by atoms with Gasteiger partial charge in [0.2, 0.25) is 0 Å². The lowest BCUT2D eigenvalue weighted by Gasteiger charge is -2.33. The zero-order chi connectivity index (χ0) is 14.1. The lowest BCUT2D eigenvalue weighted by Crippen LogP contribution is -2.26. The highest BCUT2D eigenvalue weighted by molar-refractivity contribution is 5.70. The van der Waals surface area contributed by atoms with Crippen molar-refractivity contribution in [1.29, 1.82) is 0 Å². The molecule has 20 heavy (non-hydrogen) atoms. The number of fused-ring (bicyclic) bond motifs is 1. The number of hydrogen-bond acceptors (Lipinski definition) is 2. The van der Waals surface area contributed by atoms with Crippen LogP contribution in [0.25, 0.3) is 0 Å². The average molecular weight is 270 g/mol. The third kappa shape index (κ3) is 2.29. The summed E-state index contributed by atoms with van der Waals surface area (Å²) in [6, 6.07) is 13.1. The molecule has 0 saturated heterocycles. The summed E-state index contributed by atoms with van der Waals surface area (Å²) in [6.45, 7) is 2.84. The van der Waals surface area contributed by atoms with Crippen molar-refractivity contribution in [2.24, 2.45) is 5.73 Å². The van der Waals surface area contributed by atoms with Gasteiger partial charge in [0.1, 0.15) is 5.82 Å². The molecule has 3 rings (SSSR count). The molecule has 0 spiro atoms. The highest BCUT2D eigenvalue weighted by Gasteiger charge is 2.21. The van der Waals surface area contributed by atoms with Gasteiger partial charge in [0.15, 0.2) is 0 Å². The van der Waals surface area contributed by atoms with Crippen molar-refractivity contribution in [3.63, 3.8) is 0 Å². The van der Waals surface area contributed by atoms with Gasteiger partial charge in [-0.1, -0.05) is 18.2 Å². The summed E-state index contributed by atoms with van der Waals surface area (Å²) in [5, 5.41) is 0. The van der Waals surface area contributed by atoms with Crippen molar-refractivity contribution in [3.8, 4) is 0 Å². The maximum Gasteiger partial charge on any atom is 0.123 e. The van der Waals surface area contributed by atoms with Crippen molar-refractivity contribution in [2.75, 3.05) is 11.4 Å². The van der Waals surface area contributed by atoms with Crippen LogP contribution in [0.3, 0.4) is 0 Å². The summed E-state index contributed by atoms with van der Waals surface area (Å²) in [5.74, 6) is -0.230. The molecule has 2 N–H and O–H groups in total. The number of nitrogens with two attached hydrogens (primary N) is 1. The lowest BCUT2D eigenvalue weighted by molar-refractivity contribution is 0.621. The molecular formula is C17H19FN2. The Morgan fingerprint density at radius 2 is 1.95 bits per heavy atom. The van der Waals surface area contributed by atoms with E-state index >= 15 is 0 Å². The molecule has 1 aliphatic rings. The Morgan fingerprint density at radius 3 is 2.75 bits per heavy atom. The van der Waals surface area contributed by atoms with Crippen molar-refractivity contribution >= 4 is 11.4 Å². The molecule has 2 nitrogen and oxygen atoms in total. The van der Waals surface area contributed by atoms with Crippen molar-refractivity contribution < 1.29 is 4.39 Å². The van der Waals surface area contributed by atoms with Crippen LogP contribution in [0.15, 0.2) is 42.5 Å². The molecule has 0 amide bonds. The van der Waals surface area contributed by atoms with E-state index in [2.05, 4.69) is 23.1 Å². The minimum absolute atomic E-state index is 0.185. The number of halogens is 1. The molecule has 3 heteroatoms. The molecule has 0 radical (unpaired) electrons.